The van der Waals surface area contributed by atoms with Crippen molar-refractivity contribution < 1.29 is 27.8 Å². The van der Waals surface area contributed by atoms with Gasteiger partial charge in [0, 0.05) is 32.2 Å². The number of alkyl halides is 4. The van der Waals surface area contributed by atoms with Gasteiger partial charge in [0.15, 0.2) is 11.5 Å². The van der Waals surface area contributed by atoms with Crippen LogP contribution in [-0.2, 0) is 6.54 Å². The third kappa shape index (κ3) is 6.77. The van der Waals surface area contributed by atoms with E-state index in [1.165, 1.54) is 9.08 Å². The highest BCUT2D eigenvalue weighted by molar-refractivity contribution is 5.89. The molecule has 0 unspecified atom stereocenters. The molecule has 0 bridgehead atoms. The van der Waals surface area contributed by atoms with Crippen molar-refractivity contribution in [2.24, 2.45) is 0 Å². The summed E-state index contributed by atoms with van der Waals surface area (Å²) in [6.07, 6.45) is -0.166. The van der Waals surface area contributed by atoms with Crippen molar-refractivity contribution in [2.75, 3.05) is 37.3 Å². The summed E-state index contributed by atoms with van der Waals surface area (Å²) < 4.78 is 54.1. The number of hydrogen-bond acceptors (Lipinski definition) is 9. The molecule has 40 heavy (non-hydrogen) atoms. The summed E-state index contributed by atoms with van der Waals surface area (Å²) in [4.78, 5) is 14.9. The number of anilines is 2. The van der Waals surface area contributed by atoms with E-state index >= 15 is 0 Å². The fourth-order valence-corrected chi connectivity index (χ4v) is 4.59. The van der Waals surface area contributed by atoms with Crippen LogP contribution in [0.3, 0.4) is 0 Å². The molecule has 1 aliphatic heterocycles. The van der Waals surface area contributed by atoms with Crippen molar-refractivity contribution in [3.8, 4) is 11.3 Å². The van der Waals surface area contributed by atoms with E-state index in [1.807, 2.05) is 6.92 Å². The monoisotopic (exact) mass is 567 g/mol. The van der Waals surface area contributed by atoms with E-state index in [0.29, 0.717) is 40.2 Å². The van der Waals surface area contributed by atoms with Crippen LogP contribution in [0.2, 0.25) is 0 Å². The van der Waals surface area contributed by atoms with Gasteiger partial charge >= 0.3 is 0 Å². The molecule has 4 N–H and O–H groups in total. The maximum Gasteiger partial charge on any atom is 0.260 e. The van der Waals surface area contributed by atoms with Gasteiger partial charge in [0.05, 0.1) is 18.8 Å². The molecule has 0 atom stereocenters. The van der Waals surface area contributed by atoms with E-state index in [2.05, 4.69) is 30.7 Å². The van der Waals surface area contributed by atoms with Crippen LogP contribution in [0.5, 0.6) is 0 Å². The smallest absolute Gasteiger partial charge is 0.260 e. The fourth-order valence-electron chi connectivity index (χ4n) is 4.59. The first kappa shape index (κ1) is 29.4. The minimum atomic E-state index is -2.54. The molecular weight excluding hydrogens is 534 g/mol. The molecule has 0 aromatic carbocycles. The Morgan fingerprint density at radius 2 is 1.90 bits per heavy atom. The van der Waals surface area contributed by atoms with E-state index < -0.39 is 24.8 Å². The Labute approximate surface area is 227 Å². The van der Waals surface area contributed by atoms with E-state index in [0.717, 1.165) is 20.0 Å². The highest BCUT2D eigenvalue weighted by Crippen LogP contribution is 2.31. The summed E-state index contributed by atoms with van der Waals surface area (Å²) in [7, 11) is 1.63. The molecule has 1 fully saturated rings. The second kappa shape index (κ2) is 11.5. The third-order valence-corrected chi connectivity index (χ3v) is 6.39. The minimum absolute atomic E-state index is 0.0382. The van der Waals surface area contributed by atoms with Crippen LogP contribution in [0.4, 0.5) is 29.3 Å². The lowest BCUT2D eigenvalue weighted by Crippen LogP contribution is -2.42. The molecule has 5 rings (SSSR count). The normalized spacial score (nSPS) is 15.9. The molecule has 0 radical (unpaired) electrons. The number of hydrogen-bond donors (Lipinski definition) is 4. The lowest BCUT2D eigenvalue weighted by molar-refractivity contribution is -0.119. The topological polar surface area (TPSA) is 129 Å². The van der Waals surface area contributed by atoms with Gasteiger partial charge < -0.3 is 25.4 Å². The molecular formula is C25H33F4N9O2. The maximum absolute atomic E-state index is 13.0. The molecule has 11 nitrogen and oxygen atoms in total. The van der Waals surface area contributed by atoms with Crippen LogP contribution in [-0.4, -0.2) is 89.2 Å². The van der Waals surface area contributed by atoms with Crippen molar-refractivity contribution in [3.63, 3.8) is 0 Å². The van der Waals surface area contributed by atoms with Gasteiger partial charge in [0.2, 0.25) is 11.9 Å². The Hall–Kier alpha value is -3.56. The number of piperidine rings is 1. The first-order valence-corrected chi connectivity index (χ1v) is 12.8. The average Bonchev–Trinajstić information content (AvgIpc) is 3.43. The number of rotatable bonds is 7. The highest BCUT2D eigenvalue weighted by Gasteiger charge is 2.34. The fraction of sp³-hybridized carbons (Fsp3) is 0.520. The zero-order chi connectivity index (χ0) is 29.2. The molecule has 15 heteroatoms. The summed E-state index contributed by atoms with van der Waals surface area (Å²) in [6, 6.07) is 5.15. The van der Waals surface area contributed by atoms with Crippen molar-refractivity contribution in [2.45, 2.75) is 58.4 Å². The molecule has 1 saturated heterocycles. The number of nitrogens with zero attached hydrogens (tertiary/aromatic N) is 7. The molecule has 4 aromatic rings. The number of halogens is 4. The van der Waals surface area contributed by atoms with Gasteiger partial charge in [-0.25, -0.2) is 32.0 Å². The van der Waals surface area contributed by atoms with E-state index in [-0.39, 0.29) is 24.7 Å². The number of aliphatic hydroxyl groups is 2. The van der Waals surface area contributed by atoms with E-state index in [9.17, 15) is 27.8 Å². The molecule has 218 valence electrons. The highest BCUT2D eigenvalue weighted by atomic mass is 19.3. The first-order chi connectivity index (χ1) is 18.8. The minimum Gasteiger partial charge on any atom is -0.356 e. The Balaban J connectivity index is 0.000000312. The number of imidazole rings is 1. The van der Waals surface area contributed by atoms with E-state index in [4.69, 9.17) is 0 Å². The number of pyridine rings is 1. The van der Waals surface area contributed by atoms with Gasteiger partial charge in [-0.15, -0.1) is 5.10 Å². The summed E-state index contributed by atoms with van der Waals surface area (Å²) in [5.74, 6) is -3.80. The Morgan fingerprint density at radius 1 is 1.15 bits per heavy atom. The molecule has 5 heterocycles. The Morgan fingerprint density at radius 3 is 2.50 bits per heavy atom. The largest absolute Gasteiger partial charge is 0.356 e. The summed E-state index contributed by atoms with van der Waals surface area (Å²) in [5, 5.41) is 29.3. The molecule has 4 aromatic heterocycles. The molecule has 0 saturated carbocycles. The summed E-state index contributed by atoms with van der Waals surface area (Å²) in [6.45, 7) is 5.76. The lowest BCUT2D eigenvalue weighted by Gasteiger charge is -2.31. The molecule has 1 aliphatic rings. The second-order valence-corrected chi connectivity index (χ2v) is 9.73. The number of fused-ring (bicyclic) bond motifs is 2. The average molecular weight is 568 g/mol. The molecule has 0 aliphatic carbocycles. The van der Waals surface area contributed by atoms with Gasteiger partial charge in [-0.1, -0.05) is 6.92 Å². The van der Waals surface area contributed by atoms with Crippen molar-refractivity contribution in [1.29, 1.82) is 0 Å². The maximum atomic E-state index is 13.0. The first-order valence-electron chi connectivity index (χ1n) is 12.8. The summed E-state index contributed by atoms with van der Waals surface area (Å²) >= 11 is 0. The van der Waals surface area contributed by atoms with Crippen molar-refractivity contribution in [1.82, 2.24) is 34.0 Å². The number of likely N-dealkylation sites (tertiary alicyclic amines) is 1. The van der Waals surface area contributed by atoms with E-state index in [1.54, 1.807) is 43.3 Å². The van der Waals surface area contributed by atoms with Crippen LogP contribution >= 0.6 is 0 Å². The van der Waals surface area contributed by atoms with Crippen LogP contribution < -0.4 is 10.6 Å². The van der Waals surface area contributed by atoms with Crippen LogP contribution in [0.25, 0.3) is 27.9 Å². The number of nitrogens with one attached hydrogen (secondary N) is 2. The number of aromatic nitrogens is 6. The SMILES string of the molecule is CCN1CCCC(F)(F)C1.CNc1nc(NC(C)(O)O)c2c(-c3ccc4nc(C)n(CC(F)F)c4n3)ccn2n1. The van der Waals surface area contributed by atoms with Crippen LogP contribution in [0, 0.1) is 6.92 Å². The predicted molar refractivity (Wildman–Crippen MR) is 143 cm³/mol. The zero-order valence-corrected chi connectivity index (χ0v) is 22.7. The van der Waals surface area contributed by atoms with Gasteiger partial charge in [0.25, 0.3) is 12.3 Å². The van der Waals surface area contributed by atoms with Gasteiger partial charge in [-0.2, -0.15) is 4.98 Å². The Kier molecular flexibility index (Phi) is 8.46. The quantitative estimate of drug-likeness (QED) is 0.196. The van der Waals surface area contributed by atoms with Crippen molar-refractivity contribution in [3.05, 3.63) is 30.2 Å². The van der Waals surface area contributed by atoms with Gasteiger partial charge in [0.1, 0.15) is 16.9 Å². The molecule has 0 amide bonds. The lowest BCUT2D eigenvalue weighted by atomic mass is 10.1. The van der Waals surface area contributed by atoms with Crippen LogP contribution in [0.15, 0.2) is 24.4 Å². The Bertz CT molecular complexity index is 1470. The van der Waals surface area contributed by atoms with Gasteiger partial charge in [-0.3, -0.25) is 4.90 Å². The summed E-state index contributed by atoms with van der Waals surface area (Å²) in [5.41, 5.74) is 2.33. The van der Waals surface area contributed by atoms with Gasteiger partial charge in [-0.05, 0) is 44.6 Å². The predicted octanol–water partition coefficient (Wildman–Crippen LogP) is 3.56. The van der Waals surface area contributed by atoms with Crippen LogP contribution in [0.1, 0.15) is 32.5 Å². The van der Waals surface area contributed by atoms with Crippen molar-refractivity contribution >= 4 is 28.4 Å². The molecule has 0 spiro atoms. The zero-order valence-electron chi connectivity index (χ0n) is 22.7. The second-order valence-electron chi connectivity index (χ2n) is 9.73. The standard InChI is InChI=1S/C18H20F2N8O2.C7H13F2N/c1-9-22-12-5-4-11(23-16(12)27(9)8-13(19)20)10-6-7-28-14(10)15(25-18(2,29)30)24-17(21-3)26-28;1-2-10-5-3-4-7(8,9)6-10/h4-7,13,29-30H,8H2,1-3H3,(H2,21,24,25,26);2-6H2,1H3. The number of aryl methyl sites for hydroxylation is 1. The third-order valence-electron chi connectivity index (χ3n) is 6.39.